The molecule has 6 aromatic rings. The van der Waals surface area contributed by atoms with Crippen molar-refractivity contribution in [3.63, 3.8) is 0 Å². The van der Waals surface area contributed by atoms with Gasteiger partial charge in [-0.05, 0) is 55.0 Å². The Hall–Kier alpha value is -5.41. The van der Waals surface area contributed by atoms with Gasteiger partial charge >= 0.3 is 0 Å². The Balaban J connectivity index is 1.41. The van der Waals surface area contributed by atoms with E-state index in [-0.39, 0.29) is 0 Å². The summed E-state index contributed by atoms with van der Waals surface area (Å²) in [5.74, 6) is 1.36. The molecule has 6 rings (SSSR count). The number of para-hydroxylation sites is 3. The number of nitriles is 1. The Morgan fingerprint density at radius 3 is 2.48 bits per heavy atom. The second-order valence-corrected chi connectivity index (χ2v) is 9.67. The lowest BCUT2D eigenvalue weighted by Gasteiger charge is -2.08. The lowest BCUT2D eigenvalue weighted by atomic mass is 10.1. The van der Waals surface area contributed by atoms with Gasteiger partial charge in [0.05, 0.1) is 22.3 Å². The molecule has 0 amide bonds. The van der Waals surface area contributed by atoms with Crippen LogP contribution in [0.2, 0.25) is 0 Å². The van der Waals surface area contributed by atoms with E-state index in [1.807, 2.05) is 107 Å². The third kappa shape index (κ3) is 5.01. The second kappa shape index (κ2) is 10.8. The van der Waals surface area contributed by atoms with Crippen molar-refractivity contribution in [3.05, 3.63) is 132 Å². The molecule has 6 nitrogen and oxygen atoms in total. The summed E-state index contributed by atoms with van der Waals surface area (Å²) >= 11 is 0. The fourth-order valence-electron chi connectivity index (χ4n) is 4.70. The van der Waals surface area contributed by atoms with Crippen molar-refractivity contribution in [2.24, 2.45) is 7.05 Å². The summed E-state index contributed by atoms with van der Waals surface area (Å²) < 4.78 is 9.92. The highest BCUT2D eigenvalue weighted by molar-refractivity contribution is 5.93. The van der Waals surface area contributed by atoms with Crippen LogP contribution in [0.25, 0.3) is 39.6 Å². The Bertz CT molecular complexity index is 1870. The Kier molecular flexibility index (Phi) is 6.70. The topological polar surface area (TPSA) is 68.7 Å². The van der Waals surface area contributed by atoms with Crippen molar-refractivity contribution in [2.45, 2.75) is 13.5 Å². The fraction of sp³-hybridized carbons (Fsp3) is 0.0882. The SMILES string of the molecule is Cc1ccc(COc2cccc(-c3nn(-c4ccccc4)cc3/C=C(/C#N)c3nc4ccccc4n3C)c2)cc1. The van der Waals surface area contributed by atoms with E-state index in [2.05, 4.69) is 37.3 Å². The quantitative estimate of drug-likeness (QED) is 0.206. The molecule has 0 spiro atoms. The van der Waals surface area contributed by atoms with Gasteiger partial charge in [0.2, 0.25) is 0 Å². The van der Waals surface area contributed by atoms with Gasteiger partial charge < -0.3 is 9.30 Å². The van der Waals surface area contributed by atoms with Crippen molar-refractivity contribution >= 4 is 22.7 Å². The molecule has 0 aliphatic rings. The van der Waals surface area contributed by atoms with E-state index in [4.69, 9.17) is 14.8 Å². The van der Waals surface area contributed by atoms with Crippen LogP contribution >= 0.6 is 0 Å². The second-order valence-electron chi connectivity index (χ2n) is 9.67. The fourth-order valence-corrected chi connectivity index (χ4v) is 4.70. The molecule has 6 heteroatoms. The largest absolute Gasteiger partial charge is 0.489 e. The van der Waals surface area contributed by atoms with Crippen LogP contribution in [0, 0.1) is 18.3 Å². The number of imidazole rings is 1. The van der Waals surface area contributed by atoms with Crippen molar-refractivity contribution in [2.75, 3.05) is 0 Å². The van der Waals surface area contributed by atoms with Gasteiger partial charge in [0.1, 0.15) is 24.1 Å². The number of benzene rings is 4. The molecule has 40 heavy (non-hydrogen) atoms. The van der Waals surface area contributed by atoms with E-state index in [1.165, 1.54) is 5.56 Å². The van der Waals surface area contributed by atoms with Crippen molar-refractivity contribution in [1.29, 1.82) is 5.26 Å². The summed E-state index contributed by atoms with van der Waals surface area (Å²) in [6, 6.07) is 36.4. The lowest BCUT2D eigenvalue weighted by molar-refractivity contribution is 0.306. The third-order valence-corrected chi connectivity index (χ3v) is 6.85. The molecule has 0 atom stereocenters. The molecular formula is C34H27N5O. The maximum absolute atomic E-state index is 10.2. The highest BCUT2D eigenvalue weighted by Gasteiger charge is 2.16. The summed E-state index contributed by atoms with van der Waals surface area (Å²) in [5, 5.41) is 15.1. The van der Waals surface area contributed by atoms with Gasteiger partial charge in [-0.25, -0.2) is 9.67 Å². The number of hydrogen-bond acceptors (Lipinski definition) is 4. The molecule has 0 saturated heterocycles. The first-order chi connectivity index (χ1) is 19.6. The Morgan fingerprint density at radius 1 is 0.925 bits per heavy atom. The molecule has 0 aliphatic carbocycles. The molecule has 2 aromatic heterocycles. The minimum Gasteiger partial charge on any atom is -0.489 e. The van der Waals surface area contributed by atoms with Gasteiger partial charge in [-0.2, -0.15) is 10.4 Å². The number of rotatable bonds is 7. The van der Waals surface area contributed by atoms with Crippen LogP contribution in [0.4, 0.5) is 0 Å². The van der Waals surface area contributed by atoms with E-state index in [0.29, 0.717) is 18.0 Å². The average Bonchev–Trinajstić information content (AvgIpc) is 3.57. The molecule has 4 aromatic carbocycles. The van der Waals surface area contributed by atoms with Gasteiger partial charge in [-0.1, -0.05) is 72.3 Å². The zero-order valence-electron chi connectivity index (χ0n) is 22.3. The van der Waals surface area contributed by atoms with Crippen molar-refractivity contribution < 1.29 is 4.74 Å². The number of aromatic nitrogens is 4. The number of allylic oxidation sites excluding steroid dienone is 1. The summed E-state index contributed by atoms with van der Waals surface area (Å²) in [4.78, 5) is 4.74. The van der Waals surface area contributed by atoms with Crippen LogP contribution < -0.4 is 4.74 Å². The van der Waals surface area contributed by atoms with Crippen LogP contribution in [0.15, 0.2) is 109 Å². The normalized spacial score (nSPS) is 11.5. The molecule has 0 N–H and O–H groups in total. The van der Waals surface area contributed by atoms with E-state index in [0.717, 1.165) is 44.9 Å². The monoisotopic (exact) mass is 521 g/mol. The standard InChI is InChI=1S/C34H27N5O/c1-24-15-17-25(18-16-24)23-40-30-12-8-9-26(20-30)33-28(22-39(37-33)29-10-4-3-5-11-29)19-27(21-35)34-36-31-13-6-7-14-32(31)38(34)2/h3-20,22H,23H2,1-2H3/b27-19-. The van der Waals surface area contributed by atoms with E-state index < -0.39 is 0 Å². The number of ether oxygens (including phenoxy) is 1. The number of nitrogens with zero attached hydrogens (tertiary/aromatic N) is 5. The van der Waals surface area contributed by atoms with Gasteiger partial charge in [0.15, 0.2) is 5.82 Å². The van der Waals surface area contributed by atoms with Gasteiger partial charge in [0, 0.05) is 24.4 Å². The maximum atomic E-state index is 10.2. The van der Waals surface area contributed by atoms with Gasteiger partial charge in [-0.3, -0.25) is 0 Å². The molecule has 2 heterocycles. The van der Waals surface area contributed by atoms with Crippen LogP contribution in [-0.4, -0.2) is 19.3 Å². The zero-order chi connectivity index (χ0) is 27.5. The van der Waals surface area contributed by atoms with Crippen LogP contribution in [-0.2, 0) is 13.7 Å². The minimum absolute atomic E-state index is 0.458. The number of hydrogen-bond donors (Lipinski definition) is 0. The lowest BCUT2D eigenvalue weighted by Crippen LogP contribution is -1.96. The summed E-state index contributed by atoms with van der Waals surface area (Å²) in [6.07, 6.45) is 3.81. The van der Waals surface area contributed by atoms with E-state index in [9.17, 15) is 5.26 Å². The maximum Gasteiger partial charge on any atom is 0.151 e. The summed E-state index contributed by atoms with van der Waals surface area (Å²) in [5.41, 5.74) is 7.97. The minimum atomic E-state index is 0.458. The van der Waals surface area contributed by atoms with Gasteiger partial charge in [-0.15, -0.1) is 0 Å². The highest BCUT2D eigenvalue weighted by Crippen LogP contribution is 2.31. The zero-order valence-corrected chi connectivity index (χ0v) is 22.3. The molecule has 0 radical (unpaired) electrons. The van der Waals surface area contributed by atoms with E-state index >= 15 is 0 Å². The third-order valence-electron chi connectivity index (χ3n) is 6.85. The molecule has 0 saturated carbocycles. The highest BCUT2D eigenvalue weighted by atomic mass is 16.5. The Morgan fingerprint density at radius 2 is 1.70 bits per heavy atom. The summed E-state index contributed by atoms with van der Waals surface area (Å²) in [6.45, 7) is 2.54. The predicted molar refractivity (Wildman–Crippen MR) is 159 cm³/mol. The van der Waals surface area contributed by atoms with Crippen molar-refractivity contribution in [1.82, 2.24) is 19.3 Å². The molecule has 194 valence electrons. The molecule has 0 fully saturated rings. The van der Waals surface area contributed by atoms with Crippen molar-refractivity contribution in [3.8, 4) is 28.8 Å². The molecule has 0 aliphatic heterocycles. The molecule has 0 bridgehead atoms. The van der Waals surface area contributed by atoms with Gasteiger partial charge in [0.25, 0.3) is 0 Å². The number of aryl methyl sites for hydroxylation is 2. The number of fused-ring (bicyclic) bond motifs is 1. The first-order valence-electron chi connectivity index (χ1n) is 13.1. The first-order valence-corrected chi connectivity index (χ1v) is 13.1. The smallest absolute Gasteiger partial charge is 0.151 e. The van der Waals surface area contributed by atoms with E-state index in [1.54, 1.807) is 0 Å². The van der Waals surface area contributed by atoms with Crippen LogP contribution in [0.5, 0.6) is 5.75 Å². The first kappa shape index (κ1) is 24.9. The average molecular weight is 522 g/mol. The predicted octanol–water partition coefficient (Wildman–Crippen LogP) is 7.38. The molecular weight excluding hydrogens is 494 g/mol. The Labute approximate surface area is 233 Å². The van der Waals surface area contributed by atoms with Crippen LogP contribution in [0.3, 0.4) is 0 Å². The molecule has 0 unspecified atom stereocenters. The van der Waals surface area contributed by atoms with Crippen LogP contribution in [0.1, 0.15) is 22.5 Å². The summed E-state index contributed by atoms with van der Waals surface area (Å²) in [7, 11) is 1.93.